The van der Waals surface area contributed by atoms with Crippen LogP contribution in [0, 0.1) is 17.2 Å². The van der Waals surface area contributed by atoms with Crippen molar-refractivity contribution in [1.82, 2.24) is 4.72 Å². The minimum atomic E-state index is -4.02. The van der Waals surface area contributed by atoms with E-state index in [0.29, 0.717) is 4.47 Å². The van der Waals surface area contributed by atoms with Gasteiger partial charge in [-0.05, 0) is 30.5 Å². The maximum Gasteiger partial charge on any atom is 0.321 e. The van der Waals surface area contributed by atoms with E-state index in [1.165, 1.54) is 18.2 Å². The zero-order chi connectivity index (χ0) is 16.2. The number of hydrogen-bond acceptors (Lipinski definition) is 4. The van der Waals surface area contributed by atoms with E-state index in [4.69, 9.17) is 10.4 Å². The highest BCUT2D eigenvalue weighted by Gasteiger charge is 2.26. The summed E-state index contributed by atoms with van der Waals surface area (Å²) in [5.41, 5.74) is 0.167. The normalized spacial score (nSPS) is 12.9. The average Bonchev–Trinajstić information content (AvgIpc) is 2.36. The van der Waals surface area contributed by atoms with Gasteiger partial charge in [0, 0.05) is 4.47 Å². The third kappa shape index (κ3) is 5.12. The summed E-state index contributed by atoms with van der Waals surface area (Å²) in [6.07, 6.45) is 0.174. The maximum absolute atomic E-state index is 12.2. The highest BCUT2D eigenvalue weighted by molar-refractivity contribution is 9.10. The second-order valence-corrected chi connectivity index (χ2v) is 7.56. The number of carboxylic acid groups (broad SMARTS) is 1. The molecule has 1 aromatic rings. The van der Waals surface area contributed by atoms with Gasteiger partial charge in [-0.1, -0.05) is 29.8 Å². The number of nitriles is 1. The number of halogens is 1. The highest BCUT2D eigenvalue weighted by Crippen LogP contribution is 2.20. The predicted octanol–water partition coefficient (Wildman–Crippen LogP) is 2.10. The molecule has 114 valence electrons. The summed E-state index contributed by atoms with van der Waals surface area (Å²) in [7, 11) is -4.02. The van der Waals surface area contributed by atoms with Crippen molar-refractivity contribution in [3.8, 4) is 6.07 Å². The highest BCUT2D eigenvalue weighted by atomic mass is 79.9. The van der Waals surface area contributed by atoms with Crippen LogP contribution in [0.25, 0.3) is 0 Å². The SMILES string of the molecule is CC(C)CC(NS(=O)(=O)c1cc(Br)cc(C#N)c1)C(=O)O. The van der Waals surface area contributed by atoms with Crippen LogP contribution in [0.3, 0.4) is 0 Å². The smallest absolute Gasteiger partial charge is 0.321 e. The second-order valence-electron chi connectivity index (χ2n) is 4.93. The van der Waals surface area contributed by atoms with Crippen LogP contribution in [0.4, 0.5) is 0 Å². The molecule has 8 heteroatoms. The van der Waals surface area contributed by atoms with E-state index in [1.807, 2.05) is 6.07 Å². The summed E-state index contributed by atoms with van der Waals surface area (Å²) < 4.78 is 27.1. The number of hydrogen-bond donors (Lipinski definition) is 2. The topological polar surface area (TPSA) is 107 Å². The van der Waals surface area contributed by atoms with Gasteiger partial charge >= 0.3 is 5.97 Å². The second kappa shape index (κ2) is 7.02. The van der Waals surface area contributed by atoms with Gasteiger partial charge in [0.15, 0.2) is 0 Å². The van der Waals surface area contributed by atoms with Crippen LogP contribution >= 0.6 is 15.9 Å². The number of carboxylic acids is 1. The molecule has 21 heavy (non-hydrogen) atoms. The number of aliphatic carboxylic acids is 1. The molecule has 0 aliphatic carbocycles. The first-order valence-corrected chi connectivity index (χ1v) is 8.39. The lowest BCUT2D eigenvalue weighted by Crippen LogP contribution is -2.41. The Labute approximate surface area is 132 Å². The summed E-state index contributed by atoms with van der Waals surface area (Å²) in [5.74, 6) is -1.21. The van der Waals surface area contributed by atoms with Gasteiger partial charge in [0.25, 0.3) is 0 Å². The number of benzene rings is 1. The fraction of sp³-hybridized carbons (Fsp3) is 0.385. The minimum absolute atomic E-state index is 0.0194. The Morgan fingerprint density at radius 3 is 2.52 bits per heavy atom. The number of carbonyl (C=O) groups is 1. The lowest BCUT2D eigenvalue weighted by atomic mass is 10.1. The Balaban J connectivity index is 3.13. The van der Waals surface area contributed by atoms with Crippen molar-refractivity contribution < 1.29 is 18.3 Å². The Hall–Kier alpha value is -1.43. The summed E-state index contributed by atoms with van der Waals surface area (Å²) in [6.45, 7) is 3.61. The summed E-state index contributed by atoms with van der Waals surface area (Å²) in [5, 5.41) is 18.0. The van der Waals surface area contributed by atoms with Crippen LogP contribution in [-0.4, -0.2) is 25.5 Å². The van der Waals surface area contributed by atoms with Crippen LogP contribution in [0.2, 0.25) is 0 Å². The molecular formula is C13H15BrN2O4S. The molecule has 2 N–H and O–H groups in total. The molecule has 1 atom stereocenters. The van der Waals surface area contributed by atoms with Crippen LogP contribution in [0.15, 0.2) is 27.6 Å². The fourth-order valence-electron chi connectivity index (χ4n) is 1.71. The van der Waals surface area contributed by atoms with Crippen LogP contribution in [0.1, 0.15) is 25.8 Å². The number of nitrogens with zero attached hydrogens (tertiary/aromatic N) is 1. The van der Waals surface area contributed by atoms with Crippen LogP contribution in [0.5, 0.6) is 0 Å². The molecule has 0 heterocycles. The summed E-state index contributed by atoms with van der Waals surface area (Å²) in [4.78, 5) is 11.0. The van der Waals surface area contributed by atoms with Gasteiger partial charge in [0.2, 0.25) is 10.0 Å². The Kier molecular flexibility index (Phi) is 5.89. The molecule has 0 saturated carbocycles. The van der Waals surface area contributed by atoms with Crippen molar-refractivity contribution in [2.75, 3.05) is 0 Å². The molecule has 0 radical (unpaired) electrons. The van der Waals surface area contributed by atoms with Crippen molar-refractivity contribution in [3.63, 3.8) is 0 Å². The number of rotatable bonds is 6. The molecule has 6 nitrogen and oxygen atoms in total. The van der Waals surface area contributed by atoms with Crippen molar-refractivity contribution in [1.29, 1.82) is 5.26 Å². The van der Waals surface area contributed by atoms with E-state index in [2.05, 4.69) is 20.7 Å². The number of nitrogens with one attached hydrogen (secondary N) is 1. The van der Waals surface area contributed by atoms with E-state index in [-0.39, 0.29) is 22.8 Å². The van der Waals surface area contributed by atoms with Gasteiger partial charge < -0.3 is 5.11 Å². The quantitative estimate of drug-likeness (QED) is 0.792. The summed E-state index contributed by atoms with van der Waals surface area (Å²) >= 11 is 3.12. The molecule has 0 bridgehead atoms. The van der Waals surface area contributed by atoms with Gasteiger partial charge in [0.1, 0.15) is 6.04 Å². The fourth-order valence-corrected chi connectivity index (χ4v) is 3.63. The van der Waals surface area contributed by atoms with Crippen molar-refractivity contribution in [2.45, 2.75) is 31.2 Å². The Morgan fingerprint density at radius 1 is 1.43 bits per heavy atom. The van der Waals surface area contributed by atoms with E-state index in [0.717, 1.165) is 0 Å². The Morgan fingerprint density at radius 2 is 2.05 bits per heavy atom. The zero-order valence-corrected chi connectivity index (χ0v) is 13.9. The molecule has 0 fully saturated rings. The lowest BCUT2D eigenvalue weighted by Gasteiger charge is -2.16. The first-order chi connectivity index (χ1) is 9.65. The van der Waals surface area contributed by atoms with Crippen molar-refractivity contribution in [2.24, 2.45) is 5.92 Å². The molecule has 0 aliphatic heterocycles. The Bertz CT molecular complexity index is 680. The third-order valence-electron chi connectivity index (χ3n) is 2.61. The number of sulfonamides is 1. The van der Waals surface area contributed by atoms with Gasteiger partial charge in [-0.2, -0.15) is 9.98 Å². The van der Waals surface area contributed by atoms with Gasteiger partial charge in [-0.3, -0.25) is 4.79 Å². The molecule has 0 saturated heterocycles. The molecule has 1 unspecified atom stereocenters. The molecule has 0 amide bonds. The molecular weight excluding hydrogens is 360 g/mol. The lowest BCUT2D eigenvalue weighted by molar-refractivity contribution is -0.139. The summed E-state index contributed by atoms with van der Waals surface area (Å²) in [6, 6.07) is 4.63. The third-order valence-corrected chi connectivity index (χ3v) is 4.52. The molecule has 0 spiro atoms. The molecule has 1 aromatic carbocycles. The molecule has 0 aromatic heterocycles. The van der Waals surface area contributed by atoms with E-state index in [1.54, 1.807) is 13.8 Å². The van der Waals surface area contributed by atoms with Gasteiger partial charge in [-0.25, -0.2) is 8.42 Å². The first kappa shape index (κ1) is 17.6. The zero-order valence-electron chi connectivity index (χ0n) is 11.5. The van der Waals surface area contributed by atoms with Crippen molar-refractivity contribution in [3.05, 3.63) is 28.2 Å². The molecule has 1 rings (SSSR count). The predicted molar refractivity (Wildman–Crippen MR) is 80.1 cm³/mol. The largest absolute Gasteiger partial charge is 0.480 e. The monoisotopic (exact) mass is 374 g/mol. The molecule has 0 aliphatic rings. The van der Waals surface area contributed by atoms with Crippen LogP contribution in [-0.2, 0) is 14.8 Å². The van der Waals surface area contributed by atoms with E-state index >= 15 is 0 Å². The van der Waals surface area contributed by atoms with E-state index < -0.39 is 22.0 Å². The van der Waals surface area contributed by atoms with Gasteiger partial charge in [0.05, 0.1) is 16.5 Å². The standard InChI is InChI=1S/C13H15BrN2O4S/c1-8(2)3-12(13(17)18)16-21(19,20)11-5-9(7-15)4-10(14)6-11/h4-6,8,12,16H,3H2,1-2H3,(H,17,18). The first-order valence-electron chi connectivity index (χ1n) is 6.11. The minimum Gasteiger partial charge on any atom is -0.480 e. The van der Waals surface area contributed by atoms with Crippen LogP contribution < -0.4 is 4.72 Å². The maximum atomic E-state index is 12.2. The van der Waals surface area contributed by atoms with Gasteiger partial charge in [-0.15, -0.1) is 0 Å². The van der Waals surface area contributed by atoms with Crippen molar-refractivity contribution >= 4 is 31.9 Å². The average molecular weight is 375 g/mol. The van der Waals surface area contributed by atoms with E-state index in [9.17, 15) is 13.2 Å².